The van der Waals surface area contributed by atoms with Crippen LogP contribution < -0.4 is 5.11 Å². The fourth-order valence-electron chi connectivity index (χ4n) is 0.289. The van der Waals surface area contributed by atoms with Crippen molar-refractivity contribution in [3.63, 3.8) is 0 Å². The summed E-state index contributed by atoms with van der Waals surface area (Å²) in [5.41, 5.74) is 0. The first-order chi connectivity index (χ1) is 4.83. The number of hydrogen-bond acceptors (Lipinski definition) is 2. The van der Waals surface area contributed by atoms with Gasteiger partial charge in [-0.25, -0.2) is 0 Å². The number of aliphatic carboxylic acids is 1. The highest BCUT2D eigenvalue weighted by molar-refractivity contribution is 6.40. The molecule has 0 aliphatic carbocycles. The number of alkyl halides is 3. The van der Waals surface area contributed by atoms with E-state index in [-0.39, 0.29) is 0 Å². The van der Waals surface area contributed by atoms with Gasteiger partial charge in [-0.05, 0) is 0 Å². The number of carbonyl (C=O) groups excluding carboxylic acids is 1. The van der Waals surface area contributed by atoms with Gasteiger partial charge in [0.15, 0.2) is 0 Å². The SMILES string of the molecule is O=C([O-])C(Cl)=CCC(F)(F)F. The Labute approximate surface area is 65.3 Å². The molecule has 0 heterocycles. The molecule has 2 nitrogen and oxygen atoms in total. The summed E-state index contributed by atoms with van der Waals surface area (Å²) >= 11 is 4.82. The Morgan fingerprint density at radius 2 is 2.00 bits per heavy atom. The summed E-state index contributed by atoms with van der Waals surface area (Å²) in [5, 5.41) is 8.81. The van der Waals surface area contributed by atoms with Gasteiger partial charge in [0.1, 0.15) is 0 Å². The van der Waals surface area contributed by atoms with Crippen molar-refractivity contribution in [1.29, 1.82) is 0 Å². The minimum Gasteiger partial charge on any atom is -0.544 e. The van der Waals surface area contributed by atoms with Gasteiger partial charge in [-0.15, -0.1) is 0 Å². The van der Waals surface area contributed by atoms with Crippen LogP contribution in [0.2, 0.25) is 0 Å². The van der Waals surface area contributed by atoms with Crippen LogP contribution in [0.4, 0.5) is 13.2 Å². The van der Waals surface area contributed by atoms with Gasteiger partial charge >= 0.3 is 6.18 Å². The molecule has 0 aromatic heterocycles. The molecule has 0 unspecified atom stereocenters. The number of halogens is 4. The summed E-state index contributed by atoms with van der Waals surface area (Å²) in [7, 11) is 0. The smallest absolute Gasteiger partial charge is 0.392 e. The number of carboxylic acids is 1. The van der Waals surface area contributed by atoms with Crippen molar-refractivity contribution in [2.45, 2.75) is 12.6 Å². The van der Waals surface area contributed by atoms with Crippen LogP contribution in [0.5, 0.6) is 0 Å². The summed E-state index contributed by atoms with van der Waals surface area (Å²) in [6, 6.07) is 0. The molecule has 0 aromatic rings. The number of hydrogen-bond donors (Lipinski definition) is 0. The topological polar surface area (TPSA) is 40.1 Å². The Morgan fingerprint density at radius 1 is 1.55 bits per heavy atom. The lowest BCUT2D eigenvalue weighted by molar-refractivity contribution is -0.298. The van der Waals surface area contributed by atoms with Crippen LogP contribution in [-0.2, 0) is 4.79 Å². The normalized spacial score (nSPS) is 13.3. The molecule has 0 aliphatic heterocycles. The highest BCUT2D eigenvalue weighted by Gasteiger charge is 2.25. The van der Waals surface area contributed by atoms with Crippen molar-refractivity contribution in [2.75, 3.05) is 0 Å². The Bertz CT molecular complexity index is 185. The second kappa shape index (κ2) is 3.61. The molecule has 0 fully saturated rings. The third-order valence-corrected chi connectivity index (χ3v) is 1.02. The van der Waals surface area contributed by atoms with Crippen LogP contribution in [0, 0.1) is 0 Å². The fraction of sp³-hybridized carbons (Fsp3) is 0.400. The van der Waals surface area contributed by atoms with Gasteiger partial charge in [0.25, 0.3) is 0 Å². The van der Waals surface area contributed by atoms with Crippen molar-refractivity contribution < 1.29 is 23.1 Å². The molecule has 0 aromatic carbocycles. The van der Waals surface area contributed by atoms with E-state index in [9.17, 15) is 23.1 Å². The lowest BCUT2D eigenvalue weighted by Gasteiger charge is -2.02. The zero-order chi connectivity index (χ0) is 9.07. The maximum Gasteiger partial charge on any atom is 0.392 e. The van der Waals surface area contributed by atoms with Gasteiger partial charge in [0, 0.05) is 0 Å². The van der Waals surface area contributed by atoms with E-state index in [0.29, 0.717) is 6.08 Å². The number of allylic oxidation sites excluding steroid dienone is 1. The van der Waals surface area contributed by atoms with Crippen LogP contribution in [0.15, 0.2) is 11.1 Å². The Balaban J connectivity index is 4.04. The second-order valence-corrected chi connectivity index (χ2v) is 2.07. The van der Waals surface area contributed by atoms with Crippen LogP contribution >= 0.6 is 11.6 Å². The molecule has 0 saturated heterocycles. The molecule has 0 N–H and O–H groups in total. The van der Waals surface area contributed by atoms with Crippen LogP contribution in [0.1, 0.15) is 6.42 Å². The maximum absolute atomic E-state index is 11.4. The minimum atomic E-state index is -4.43. The lowest BCUT2D eigenvalue weighted by Crippen LogP contribution is -2.22. The summed E-state index contributed by atoms with van der Waals surface area (Å²) in [4.78, 5) is 9.74. The molecule has 11 heavy (non-hydrogen) atoms. The molecule has 0 radical (unpaired) electrons. The van der Waals surface area contributed by atoms with Gasteiger partial charge in [-0.2, -0.15) is 13.2 Å². The molecule has 6 heteroatoms. The van der Waals surface area contributed by atoms with Crippen LogP contribution in [0.3, 0.4) is 0 Å². The number of carboxylic acid groups (broad SMARTS) is 1. The predicted octanol–water partition coefficient (Wildman–Crippen LogP) is 0.811. The Kier molecular flexibility index (Phi) is 3.38. The molecular formula is C5H3ClF3O2-. The average Bonchev–Trinajstić information content (AvgIpc) is 1.80. The van der Waals surface area contributed by atoms with E-state index < -0.39 is 23.6 Å². The zero-order valence-corrected chi connectivity index (χ0v) is 5.87. The van der Waals surface area contributed by atoms with E-state index in [2.05, 4.69) is 0 Å². The van der Waals surface area contributed by atoms with E-state index in [1.807, 2.05) is 0 Å². The Morgan fingerprint density at radius 3 is 2.27 bits per heavy atom. The van der Waals surface area contributed by atoms with Gasteiger partial charge in [-0.3, -0.25) is 0 Å². The predicted molar refractivity (Wildman–Crippen MR) is 29.6 cm³/mol. The highest BCUT2D eigenvalue weighted by atomic mass is 35.5. The summed E-state index contributed by atoms with van der Waals surface area (Å²) in [5.74, 6) is -1.81. The van der Waals surface area contributed by atoms with Crippen molar-refractivity contribution in [1.82, 2.24) is 0 Å². The molecule has 0 aliphatic rings. The molecule has 0 saturated carbocycles. The lowest BCUT2D eigenvalue weighted by atomic mass is 10.4. The van der Waals surface area contributed by atoms with E-state index >= 15 is 0 Å². The molecule has 0 bridgehead atoms. The first kappa shape index (κ1) is 10.3. The van der Waals surface area contributed by atoms with Crippen molar-refractivity contribution >= 4 is 17.6 Å². The molecule has 0 amide bonds. The Hall–Kier alpha value is -0.710. The largest absolute Gasteiger partial charge is 0.544 e. The summed E-state index contributed by atoms with van der Waals surface area (Å²) in [6.07, 6.45) is -5.45. The van der Waals surface area contributed by atoms with Gasteiger partial charge in [0.2, 0.25) is 0 Å². The number of carbonyl (C=O) groups is 1. The monoisotopic (exact) mass is 187 g/mol. The molecular weight excluding hydrogens is 184 g/mol. The van der Waals surface area contributed by atoms with Gasteiger partial charge < -0.3 is 9.90 Å². The van der Waals surface area contributed by atoms with E-state index in [1.165, 1.54) is 0 Å². The molecule has 0 rings (SSSR count). The molecule has 0 atom stereocenters. The summed E-state index contributed by atoms with van der Waals surface area (Å²) in [6.45, 7) is 0. The average molecular weight is 188 g/mol. The van der Waals surface area contributed by atoms with E-state index in [4.69, 9.17) is 11.6 Å². The zero-order valence-electron chi connectivity index (χ0n) is 5.11. The first-order valence-electron chi connectivity index (χ1n) is 2.46. The molecule has 64 valence electrons. The summed E-state index contributed by atoms with van der Waals surface area (Å²) < 4.78 is 34.1. The van der Waals surface area contributed by atoms with Gasteiger partial charge in [0.05, 0.1) is 17.4 Å². The van der Waals surface area contributed by atoms with Crippen molar-refractivity contribution in [3.8, 4) is 0 Å². The van der Waals surface area contributed by atoms with Crippen LogP contribution in [0.25, 0.3) is 0 Å². The van der Waals surface area contributed by atoms with E-state index in [0.717, 1.165) is 0 Å². The van der Waals surface area contributed by atoms with Crippen molar-refractivity contribution in [2.24, 2.45) is 0 Å². The molecule has 0 spiro atoms. The first-order valence-corrected chi connectivity index (χ1v) is 2.84. The highest BCUT2D eigenvalue weighted by Crippen LogP contribution is 2.21. The second-order valence-electron chi connectivity index (χ2n) is 1.66. The quantitative estimate of drug-likeness (QED) is 0.601. The minimum absolute atomic E-state index is 0.344. The van der Waals surface area contributed by atoms with E-state index in [1.54, 1.807) is 0 Å². The van der Waals surface area contributed by atoms with Crippen LogP contribution in [-0.4, -0.2) is 12.1 Å². The number of rotatable bonds is 2. The fourth-order valence-corrected chi connectivity index (χ4v) is 0.366. The maximum atomic E-state index is 11.4. The standard InChI is InChI=1S/C5H4ClF3O2/c6-3(4(10)11)1-2-5(7,8)9/h1H,2H2,(H,10,11)/p-1. The van der Waals surface area contributed by atoms with Gasteiger partial charge in [-0.1, -0.05) is 17.7 Å². The van der Waals surface area contributed by atoms with Crippen molar-refractivity contribution in [3.05, 3.63) is 11.1 Å². The third-order valence-electron chi connectivity index (χ3n) is 0.708. The third kappa shape index (κ3) is 5.72.